The van der Waals surface area contributed by atoms with Gasteiger partial charge in [-0.15, -0.1) is 0 Å². The highest BCUT2D eigenvalue weighted by atomic mass is 16.6. The van der Waals surface area contributed by atoms with Crippen LogP contribution in [0.5, 0.6) is 5.75 Å². The summed E-state index contributed by atoms with van der Waals surface area (Å²) in [5.41, 5.74) is 8.54. The van der Waals surface area contributed by atoms with Crippen LogP contribution in [0.3, 0.4) is 0 Å². The molecule has 8 aliphatic carbocycles. The van der Waals surface area contributed by atoms with Crippen molar-refractivity contribution in [3.63, 3.8) is 0 Å². The lowest BCUT2D eigenvalue weighted by atomic mass is 9.31. The molecule has 9 heteroatoms. The number of aromatic hydroxyl groups is 1. The SMILES string of the molecule is CNCc1cc(O)cc(C23CCC45CC6(C)C(CCC7=C(C(CC(O)C8OC8(C)C8CCCC8c8cccc(N)c8)C8CCCCC8)C(=O)CC76C)C(C)(C2)C4C(C)(CCCCC(C)(O)CN5)C3=O)c1. The van der Waals surface area contributed by atoms with Gasteiger partial charge in [0.15, 0.2) is 5.78 Å². The average molecular weight is 958 g/mol. The molecular weight excluding hydrogens is 871 g/mol. The molecule has 2 aliphatic heterocycles. The number of rotatable bonds is 10. The number of nitrogens with one attached hydrogen (secondary N) is 2. The van der Waals surface area contributed by atoms with Crippen LogP contribution in [0, 0.1) is 51.2 Å². The van der Waals surface area contributed by atoms with Crippen LogP contribution in [0.15, 0.2) is 53.6 Å². The van der Waals surface area contributed by atoms with Crippen molar-refractivity contribution in [2.24, 2.45) is 51.2 Å². The van der Waals surface area contributed by atoms with E-state index in [0.29, 0.717) is 74.5 Å². The molecule has 70 heavy (non-hydrogen) atoms. The first-order valence-corrected chi connectivity index (χ1v) is 28.2. The maximum atomic E-state index is 16.1. The molecule has 2 aromatic carbocycles. The molecular formula is C61H87N3O6. The number of hydrogen-bond donors (Lipinski definition) is 6. The number of carbonyl (C=O) groups is 2. The molecule has 5 bridgehead atoms. The van der Waals surface area contributed by atoms with E-state index in [1.54, 1.807) is 0 Å². The molecule has 10 aliphatic rings. The highest BCUT2D eigenvalue weighted by Gasteiger charge is 2.79. The summed E-state index contributed by atoms with van der Waals surface area (Å²) < 4.78 is 6.73. The Hall–Kier alpha value is -3.08. The fraction of sp³-hybridized carbons (Fsp3) is 0.738. The van der Waals surface area contributed by atoms with Crippen LogP contribution < -0.4 is 16.4 Å². The van der Waals surface area contributed by atoms with Crippen molar-refractivity contribution >= 4 is 17.3 Å². The van der Waals surface area contributed by atoms with Gasteiger partial charge in [-0.2, -0.15) is 0 Å². The minimum Gasteiger partial charge on any atom is -0.508 e. The number of Topliss-reactive ketones (excluding diaryl/α,β-unsaturated/α-hetero) is 2. The summed E-state index contributed by atoms with van der Waals surface area (Å²) in [6.07, 6.45) is 17.2. The number of phenolic OH excluding ortho intramolecular Hbond substituents is 1. The van der Waals surface area contributed by atoms with Crippen LogP contribution >= 0.6 is 0 Å². The summed E-state index contributed by atoms with van der Waals surface area (Å²) in [4.78, 5) is 31.6. The minimum atomic E-state index is -0.891. The number of benzene rings is 2. The zero-order valence-corrected chi connectivity index (χ0v) is 43.9. The Morgan fingerprint density at radius 3 is 2.40 bits per heavy atom. The molecule has 2 aromatic rings. The van der Waals surface area contributed by atoms with Gasteiger partial charge in [0.2, 0.25) is 0 Å². The molecule has 7 N–H and O–H groups in total. The van der Waals surface area contributed by atoms with E-state index in [-0.39, 0.29) is 40.4 Å². The van der Waals surface area contributed by atoms with E-state index >= 15 is 9.59 Å². The largest absolute Gasteiger partial charge is 0.508 e. The fourth-order valence-corrected chi connectivity index (χ4v) is 20.1. The number of anilines is 1. The normalized spacial score (nSPS) is 44.7. The number of phenols is 1. The van der Waals surface area contributed by atoms with Gasteiger partial charge in [-0.05, 0) is 197 Å². The van der Waals surface area contributed by atoms with E-state index < -0.39 is 39.1 Å². The zero-order valence-electron chi connectivity index (χ0n) is 43.9. The van der Waals surface area contributed by atoms with Gasteiger partial charge in [0, 0.05) is 41.6 Å². The monoisotopic (exact) mass is 958 g/mol. The first-order chi connectivity index (χ1) is 33.2. The number of aliphatic hydroxyl groups is 2. The van der Waals surface area contributed by atoms with Crippen LogP contribution in [0.25, 0.3) is 0 Å². The number of ketones is 2. The van der Waals surface area contributed by atoms with Crippen LogP contribution in [-0.2, 0) is 26.3 Å². The maximum Gasteiger partial charge on any atom is 0.160 e. The lowest BCUT2D eigenvalue weighted by molar-refractivity contribution is -0.218. The van der Waals surface area contributed by atoms with Gasteiger partial charge in [0.05, 0.1) is 22.7 Å². The Labute approximate surface area is 419 Å². The van der Waals surface area contributed by atoms with Crippen molar-refractivity contribution in [2.75, 3.05) is 19.3 Å². The Kier molecular flexibility index (Phi) is 11.9. The second kappa shape index (κ2) is 17.0. The topological polar surface area (TPSA) is 157 Å². The van der Waals surface area contributed by atoms with Crippen molar-refractivity contribution in [3.8, 4) is 5.75 Å². The summed E-state index contributed by atoms with van der Waals surface area (Å²) in [5, 5.41) is 43.5. The molecule has 0 spiro atoms. The standard InChI is InChI=1S/C61H87N3O6/c1-54(69)23-11-12-24-55(2)52-56(3)34-60(53(55)68,40-27-37(33-63-7)28-42(65)30-40)25-26-61(52,64-36-54)35-58(5)49(56)22-21-46-50(48(67)32-57(46,58)4)44(38-15-9-8-10-16-38)31-47(66)51-59(6,70-51)45-20-14-19-43(45)39-17-13-18-41(62)29-39/h13,17-18,27-30,38,43-45,47,49,51-52,63-66,69H,8-12,14-16,19-26,31-36,62H2,1-7H3. The molecule has 15 unspecified atom stereocenters. The van der Waals surface area contributed by atoms with Gasteiger partial charge in [0.1, 0.15) is 17.6 Å². The molecule has 2 saturated heterocycles. The number of epoxide rings is 1. The Morgan fingerprint density at radius 2 is 1.64 bits per heavy atom. The van der Waals surface area contributed by atoms with Crippen LogP contribution in [0.4, 0.5) is 5.69 Å². The number of allylic oxidation sites excluding steroid dienone is 2. The van der Waals surface area contributed by atoms with Crippen LogP contribution in [-0.4, -0.2) is 69.4 Å². The van der Waals surface area contributed by atoms with Crippen molar-refractivity contribution in [2.45, 2.75) is 217 Å². The first kappa shape index (κ1) is 49.1. The van der Waals surface area contributed by atoms with E-state index in [1.165, 1.54) is 30.4 Å². The number of hydrogen-bond acceptors (Lipinski definition) is 9. The smallest absolute Gasteiger partial charge is 0.160 e. The summed E-state index contributed by atoms with van der Waals surface area (Å²) in [7, 11) is 1.93. The molecule has 12 rings (SSSR count). The molecule has 7 saturated carbocycles. The number of nitrogens with two attached hydrogens (primary N) is 1. The number of β-amino-alcohol motifs (C(OH)–C–C–N with tert-alkyl or cyclic N) is 1. The zero-order chi connectivity index (χ0) is 49.4. The lowest BCUT2D eigenvalue weighted by Gasteiger charge is -2.73. The summed E-state index contributed by atoms with van der Waals surface area (Å²) in [6.45, 7) is 15.2. The quantitative estimate of drug-likeness (QED) is 0.101. The van der Waals surface area contributed by atoms with Crippen LogP contribution in [0.1, 0.15) is 193 Å². The number of nitrogen functional groups attached to an aromatic ring is 1. The highest BCUT2D eigenvalue weighted by molar-refractivity contribution is 6.01. The molecule has 0 aromatic heterocycles. The lowest BCUT2D eigenvalue weighted by Crippen LogP contribution is -2.75. The van der Waals surface area contributed by atoms with E-state index in [0.717, 1.165) is 99.4 Å². The Bertz CT molecular complexity index is 2440. The highest BCUT2D eigenvalue weighted by Crippen LogP contribution is 2.80. The molecule has 2 heterocycles. The second-order valence-electron chi connectivity index (χ2n) is 26.9. The van der Waals surface area contributed by atoms with Gasteiger partial charge in [-0.25, -0.2) is 0 Å². The minimum absolute atomic E-state index is 0.0132. The molecule has 382 valence electrons. The average Bonchev–Trinajstić information content (AvgIpc) is 3.66. The third-order valence-electron chi connectivity index (χ3n) is 22.8. The van der Waals surface area contributed by atoms with E-state index in [9.17, 15) is 15.3 Å². The van der Waals surface area contributed by atoms with Crippen molar-refractivity contribution in [1.82, 2.24) is 10.6 Å². The third kappa shape index (κ3) is 7.28. The molecule has 15 atom stereocenters. The van der Waals surface area contributed by atoms with Crippen molar-refractivity contribution < 1.29 is 29.6 Å². The molecule has 0 radical (unpaired) electrons. The van der Waals surface area contributed by atoms with E-state index in [4.69, 9.17) is 10.5 Å². The van der Waals surface area contributed by atoms with Gasteiger partial charge in [-0.3, -0.25) is 9.59 Å². The van der Waals surface area contributed by atoms with E-state index in [2.05, 4.69) is 69.5 Å². The molecule has 9 fully saturated rings. The number of ether oxygens (including phenoxy) is 1. The number of aliphatic hydroxyl groups excluding tert-OH is 1. The van der Waals surface area contributed by atoms with Gasteiger partial charge in [-0.1, -0.05) is 90.0 Å². The number of fused-ring (bicyclic) bond motifs is 4. The Morgan fingerprint density at radius 1 is 0.871 bits per heavy atom. The van der Waals surface area contributed by atoms with E-state index in [1.807, 2.05) is 32.2 Å². The van der Waals surface area contributed by atoms with Crippen molar-refractivity contribution in [3.05, 3.63) is 70.3 Å². The fourth-order valence-electron chi connectivity index (χ4n) is 20.1. The molecule has 0 amide bonds. The number of carbonyl (C=O) groups excluding carboxylic acids is 2. The molecule has 9 nitrogen and oxygen atoms in total. The third-order valence-corrected chi connectivity index (χ3v) is 22.8. The van der Waals surface area contributed by atoms with Gasteiger partial charge in [0.25, 0.3) is 0 Å². The second-order valence-corrected chi connectivity index (χ2v) is 26.9. The summed E-state index contributed by atoms with van der Waals surface area (Å²) >= 11 is 0. The van der Waals surface area contributed by atoms with Crippen LogP contribution in [0.2, 0.25) is 0 Å². The summed E-state index contributed by atoms with van der Waals surface area (Å²) in [5.74, 6) is 2.13. The first-order valence-electron chi connectivity index (χ1n) is 28.2. The van der Waals surface area contributed by atoms with Gasteiger partial charge >= 0.3 is 0 Å². The predicted molar refractivity (Wildman–Crippen MR) is 276 cm³/mol. The van der Waals surface area contributed by atoms with Crippen molar-refractivity contribution in [1.29, 1.82) is 0 Å². The van der Waals surface area contributed by atoms with Gasteiger partial charge < -0.3 is 36.4 Å². The summed E-state index contributed by atoms with van der Waals surface area (Å²) in [6, 6.07) is 14.3. The Balaban J connectivity index is 0.992. The maximum absolute atomic E-state index is 16.1. The predicted octanol–water partition coefficient (Wildman–Crippen LogP) is 10.8.